The lowest BCUT2D eigenvalue weighted by atomic mass is 10.2. The van der Waals surface area contributed by atoms with Crippen LogP contribution in [0, 0.1) is 5.92 Å². The van der Waals surface area contributed by atoms with Gasteiger partial charge in [-0.05, 0) is 12.0 Å². The van der Waals surface area contributed by atoms with Crippen LogP contribution in [0.1, 0.15) is 13.8 Å². The Hall–Kier alpha value is -0.700. The summed E-state index contributed by atoms with van der Waals surface area (Å²) in [7, 11) is -4.21. The van der Waals surface area contributed by atoms with Crippen molar-refractivity contribution < 1.29 is 19.1 Å². The fraction of sp³-hybridized carbons (Fsp3) is 0.444. The Morgan fingerprint density at radius 3 is 2.36 bits per heavy atom. The van der Waals surface area contributed by atoms with Crippen molar-refractivity contribution in [1.82, 2.24) is 0 Å². The molecule has 0 heterocycles. The van der Waals surface area contributed by atoms with Gasteiger partial charge in [0.15, 0.2) is 5.78 Å². The van der Waals surface area contributed by atoms with Crippen LogP contribution in [0.2, 0.25) is 0 Å². The largest absolute Gasteiger partial charge is 0.333 e. The van der Waals surface area contributed by atoms with Crippen molar-refractivity contribution in [1.29, 1.82) is 0 Å². The summed E-state index contributed by atoms with van der Waals surface area (Å²) in [4.78, 5) is 27.8. The first kappa shape index (κ1) is 13.3. The number of rotatable bonds is 5. The van der Waals surface area contributed by atoms with Gasteiger partial charge in [-0.2, -0.15) is 0 Å². The molecule has 0 aromatic rings. The molecule has 0 amide bonds. The summed E-state index contributed by atoms with van der Waals surface area (Å²) in [6, 6.07) is 0. The number of carbonyl (C=O) groups is 1. The topological polar surface area (TPSA) is 74.6 Å². The zero-order valence-electron chi connectivity index (χ0n) is 8.25. The first-order valence-electron chi connectivity index (χ1n) is 4.23. The van der Waals surface area contributed by atoms with Gasteiger partial charge in [-0.3, -0.25) is 9.36 Å². The van der Waals surface area contributed by atoms with Crippen LogP contribution in [0.25, 0.3) is 0 Å². The Bertz CT molecular complexity index is 285. The summed E-state index contributed by atoms with van der Waals surface area (Å²) in [5, 5.41) is 0. The second kappa shape index (κ2) is 5.91. The van der Waals surface area contributed by atoms with Gasteiger partial charge in [-0.25, -0.2) is 0 Å². The van der Waals surface area contributed by atoms with Gasteiger partial charge in [-0.1, -0.05) is 32.1 Å². The lowest BCUT2D eigenvalue weighted by Crippen LogP contribution is -2.00. The highest BCUT2D eigenvalue weighted by atomic mass is 31.2. The van der Waals surface area contributed by atoms with Crippen LogP contribution in [0.5, 0.6) is 0 Å². The van der Waals surface area contributed by atoms with E-state index in [1.165, 1.54) is 6.08 Å². The highest BCUT2D eigenvalue weighted by molar-refractivity contribution is 7.52. The summed E-state index contributed by atoms with van der Waals surface area (Å²) in [6.07, 6.45) is 5.48. The van der Waals surface area contributed by atoms with E-state index >= 15 is 0 Å². The fourth-order valence-electron chi connectivity index (χ4n) is 0.705. The standard InChI is InChI=1S/C9H15O4P/c1-8(2)5-3-4-6-9(10)7-14(11,12)13/h3-6,8H,7H2,1-2H3,(H2,11,12,13). The molecule has 0 spiro atoms. The summed E-state index contributed by atoms with van der Waals surface area (Å²) < 4.78 is 10.4. The number of carbonyl (C=O) groups excluding carboxylic acids is 1. The Morgan fingerprint density at radius 2 is 1.93 bits per heavy atom. The van der Waals surface area contributed by atoms with Gasteiger partial charge in [0, 0.05) is 0 Å². The lowest BCUT2D eigenvalue weighted by Gasteiger charge is -1.97. The first-order chi connectivity index (χ1) is 6.31. The van der Waals surface area contributed by atoms with Crippen molar-refractivity contribution in [2.45, 2.75) is 13.8 Å². The molecule has 0 rings (SSSR count). The first-order valence-corrected chi connectivity index (χ1v) is 6.03. The van der Waals surface area contributed by atoms with E-state index in [0.29, 0.717) is 5.92 Å². The second-order valence-corrected chi connectivity index (χ2v) is 4.92. The van der Waals surface area contributed by atoms with E-state index in [1.54, 1.807) is 6.08 Å². The Morgan fingerprint density at radius 1 is 1.36 bits per heavy atom. The lowest BCUT2D eigenvalue weighted by molar-refractivity contribution is -0.112. The molecule has 0 aliphatic rings. The maximum Gasteiger partial charge on any atom is 0.333 e. The molecule has 0 saturated heterocycles. The Labute approximate surface area is 83.5 Å². The molecule has 2 N–H and O–H groups in total. The molecule has 0 aliphatic carbocycles. The Kier molecular flexibility index (Phi) is 5.62. The summed E-state index contributed by atoms with van der Waals surface area (Å²) >= 11 is 0. The average molecular weight is 218 g/mol. The van der Waals surface area contributed by atoms with Crippen LogP contribution in [0.4, 0.5) is 0 Å². The number of allylic oxidation sites excluding steroid dienone is 4. The molecule has 5 heteroatoms. The predicted molar refractivity (Wildman–Crippen MR) is 55.0 cm³/mol. The van der Waals surface area contributed by atoms with Gasteiger partial charge in [0.25, 0.3) is 0 Å². The van der Waals surface area contributed by atoms with Crippen molar-refractivity contribution in [3.8, 4) is 0 Å². The van der Waals surface area contributed by atoms with Crippen molar-refractivity contribution in [2.24, 2.45) is 5.92 Å². The molecule has 0 aliphatic heterocycles. The summed E-state index contributed by atoms with van der Waals surface area (Å²) in [6.45, 7) is 3.98. The second-order valence-electron chi connectivity index (χ2n) is 3.28. The normalized spacial score (nSPS) is 13.2. The van der Waals surface area contributed by atoms with Crippen molar-refractivity contribution in [3.05, 3.63) is 24.3 Å². The van der Waals surface area contributed by atoms with Crippen molar-refractivity contribution >= 4 is 13.4 Å². The molecular formula is C9H15O4P. The minimum Gasteiger partial charge on any atom is -0.324 e. The van der Waals surface area contributed by atoms with E-state index in [2.05, 4.69) is 0 Å². The van der Waals surface area contributed by atoms with Gasteiger partial charge in [-0.15, -0.1) is 0 Å². The Balaban J connectivity index is 4.02. The summed E-state index contributed by atoms with van der Waals surface area (Å²) in [5.74, 6) is -0.178. The highest BCUT2D eigenvalue weighted by Crippen LogP contribution is 2.33. The van der Waals surface area contributed by atoms with Crippen LogP contribution in [0.3, 0.4) is 0 Å². The van der Waals surface area contributed by atoms with Crippen molar-refractivity contribution in [3.63, 3.8) is 0 Å². The third-order valence-electron chi connectivity index (χ3n) is 1.25. The molecule has 0 unspecified atom stereocenters. The average Bonchev–Trinajstić information content (AvgIpc) is 1.94. The zero-order chi connectivity index (χ0) is 11.2. The maximum absolute atomic E-state index is 10.9. The van der Waals surface area contributed by atoms with Gasteiger partial charge >= 0.3 is 7.60 Å². The quantitative estimate of drug-likeness (QED) is 0.416. The van der Waals surface area contributed by atoms with Crippen LogP contribution in [0.15, 0.2) is 24.3 Å². The molecule has 0 radical (unpaired) electrons. The summed E-state index contributed by atoms with van der Waals surface area (Å²) in [5.41, 5.74) is 0. The zero-order valence-corrected chi connectivity index (χ0v) is 9.15. The molecule has 0 aromatic carbocycles. The number of ketones is 1. The molecule has 0 aromatic heterocycles. The van der Waals surface area contributed by atoms with Crippen molar-refractivity contribution in [2.75, 3.05) is 6.16 Å². The number of hydrogen-bond acceptors (Lipinski definition) is 2. The molecule has 0 bridgehead atoms. The van der Waals surface area contributed by atoms with E-state index in [4.69, 9.17) is 9.79 Å². The van der Waals surface area contributed by atoms with E-state index in [0.717, 1.165) is 6.08 Å². The minimum atomic E-state index is -4.21. The SMILES string of the molecule is CC(C)C=CC=CC(=O)CP(=O)(O)O. The van der Waals surface area contributed by atoms with Gasteiger partial charge in [0.05, 0.1) is 0 Å². The third kappa shape index (κ3) is 9.39. The van der Waals surface area contributed by atoms with Gasteiger partial charge in [0.2, 0.25) is 0 Å². The highest BCUT2D eigenvalue weighted by Gasteiger charge is 2.16. The molecule has 14 heavy (non-hydrogen) atoms. The van der Waals surface area contributed by atoms with Crippen LogP contribution < -0.4 is 0 Å². The number of hydrogen-bond donors (Lipinski definition) is 2. The maximum atomic E-state index is 10.9. The van der Waals surface area contributed by atoms with E-state index in [-0.39, 0.29) is 0 Å². The molecule has 0 fully saturated rings. The molecule has 80 valence electrons. The van der Waals surface area contributed by atoms with E-state index in [9.17, 15) is 9.36 Å². The minimum absolute atomic E-state index is 0.386. The molecular weight excluding hydrogens is 203 g/mol. The molecule has 0 saturated carbocycles. The van der Waals surface area contributed by atoms with Gasteiger partial charge < -0.3 is 9.79 Å². The van der Waals surface area contributed by atoms with Crippen LogP contribution >= 0.6 is 7.60 Å². The van der Waals surface area contributed by atoms with E-state index in [1.807, 2.05) is 19.9 Å². The van der Waals surface area contributed by atoms with E-state index < -0.39 is 19.5 Å². The van der Waals surface area contributed by atoms with Gasteiger partial charge in [0.1, 0.15) is 6.16 Å². The predicted octanol–water partition coefficient (Wildman–Crippen LogP) is 1.50. The molecule has 4 nitrogen and oxygen atoms in total. The van der Waals surface area contributed by atoms with Crippen LogP contribution in [-0.4, -0.2) is 21.7 Å². The third-order valence-corrected chi connectivity index (χ3v) is 1.97. The fourth-order valence-corrected chi connectivity index (χ4v) is 1.22. The smallest absolute Gasteiger partial charge is 0.324 e. The van der Waals surface area contributed by atoms with Crippen LogP contribution in [-0.2, 0) is 9.36 Å². The monoisotopic (exact) mass is 218 g/mol. The molecule has 0 atom stereocenters.